The Bertz CT molecular complexity index is 1010. The maximum absolute atomic E-state index is 13.0. The summed E-state index contributed by atoms with van der Waals surface area (Å²) in [5, 5.41) is 3.11. The van der Waals surface area contributed by atoms with E-state index in [1.807, 2.05) is 4.90 Å². The number of carbonyl (C=O) groups excluding carboxylic acids is 1. The van der Waals surface area contributed by atoms with Crippen LogP contribution in [0.3, 0.4) is 0 Å². The lowest BCUT2D eigenvalue weighted by atomic mass is 10.0. The second-order valence-corrected chi connectivity index (χ2v) is 9.40. The van der Waals surface area contributed by atoms with Crippen LogP contribution in [-0.4, -0.2) is 60.2 Å². The molecule has 0 spiro atoms. The molecule has 1 aromatic heterocycles. The van der Waals surface area contributed by atoms with Gasteiger partial charge in [0.1, 0.15) is 11.6 Å². The smallest absolute Gasteiger partial charge is 0.243 e. The molecule has 2 aliphatic rings. The standard InChI is InChI=1S/C20H25N5O3S/c1-14(26)24-10-8-15(12-24)19-22-18-9-11-25(13-17(18)20(21-2)23-19)29(27,28)16-6-4-3-5-7-16/h3-7,15H,8-13H2,1-2H3,(H,21,22,23). The van der Waals surface area contributed by atoms with Crippen LogP contribution in [0.2, 0.25) is 0 Å². The second-order valence-electron chi connectivity index (χ2n) is 7.46. The van der Waals surface area contributed by atoms with Gasteiger partial charge < -0.3 is 10.2 Å². The number of nitrogens with one attached hydrogen (secondary N) is 1. The molecule has 1 atom stereocenters. The summed E-state index contributed by atoms with van der Waals surface area (Å²) in [6.07, 6.45) is 1.38. The predicted molar refractivity (Wildman–Crippen MR) is 109 cm³/mol. The zero-order chi connectivity index (χ0) is 20.6. The molecule has 2 aliphatic heterocycles. The Hall–Kier alpha value is -2.52. The van der Waals surface area contributed by atoms with Gasteiger partial charge in [0.2, 0.25) is 15.9 Å². The van der Waals surface area contributed by atoms with Crippen molar-refractivity contribution in [2.45, 2.75) is 37.1 Å². The molecule has 3 heterocycles. The van der Waals surface area contributed by atoms with Crippen molar-refractivity contribution >= 4 is 21.7 Å². The molecule has 1 aromatic carbocycles. The van der Waals surface area contributed by atoms with Crippen molar-refractivity contribution in [2.75, 3.05) is 32.0 Å². The Kier molecular flexibility index (Phi) is 5.26. The molecule has 9 heteroatoms. The van der Waals surface area contributed by atoms with Crippen LogP contribution in [0.25, 0.3) is 0 Å². The molecule has 154 valence electrons. The molecule has 1 saturated heterocycles. The molecule has 1 fully saturated rings. The Morgan fingerprint density at radius 3 is 2.59 bits per heavy atom. The van der Waals surface area contributed by atoms with Crippen LogP contribution in [-0.2, 0) is 27.8 Å². The van der Waals surface area contributed by atoms with Gasteiger partial charge >= 0.3 is 0 Å². The van der Waals surface area contributed by atoms with Gasteiger partial charge in [-0.3, -0.25) is 4.79 Å². The van der Waals surface area contributed by atoms with Crippen molar-refractivity contribution in [1.29, 1.82) is 0 Å². The van der Waals surface area contributed by atoms with Gasteiger partial charge in [0.05, 0.1) is 10.6 Å². The van der Waals surface area contributed by atoms with Gasteiger partial charge in [-0.25, -0.2) is 18.4 Å². The Morgan fingerprint density at radius 1 is 1.17 bits per heavy atom. The van der Waals surface area contributed by atoms with Gasteiger partial charge in [-0.15, -0.1) is 0 Å². The zero-order valence-corrected chi connectivity index (χ0v) is 17.4. The number of likely N-dealkylation sites (tertiary alicyclic amines) is 1. The Balaban J connectivity index is 1.62. The van der Waals surface area contributed by atoms with Crippen LogP contribution >= 0.6 is 0 Å². The highest BCUT2D eigenvalue weighted by molar-refractivity contribution is 7.89. The van der Waals surface area contributed by atoms with Crippen LogP contribution < -0.4 is 5.32 Å². The van der Waals surface area contributed by atoms with E-state index < -0.39 is 10.0 Å². The number of carbonyl (C=O) groups is 1. The number of hydrogen-bond donors (Lipinski definition) is 1. The average molecular weight is 416 g/mol. The van der Waals surface area contributed by atoms with Crippen LogP contribution in [0, 0.1) is 0 Å². The van der Waals surface area contributed by atoms with Crippen molar-refractivity contribution < 1.29 is 13.2 Å². The van der Waals surface area contributed by atoms with E-state index in [1.54, 1.807) is 44.3 Å². The number of aromatic nitrogens is 2. The van der Waals surface area contributed by atoms with E-state index in [0.29, 0.717) is 30.2 Å². The molecule has 4 rings (SSSR count). The number of nitrogens with zero attached hydrogens (tertiary/aromatic N) is 4. The molecule has 1 N–H and O–H groups in total. The number of sulfonamides is 1. The number of fused-ring (bicyclic) bond motifs is 1. The number of anilines is 1. The molecule has 29 heavy (non-hydrogen) atoms. The van der Waals surface area contributed by atoms with E-state index in [9.17, 15) is 13.2 Å². The van der Waals surface area contributed by atoms with E-state index in [2.05, 4.69) is 10.3 Å². The third-order valence-electron chi connectivity index (χ3n) is 5.66. The largest absolute Gasteiger partial charge is 0.373 e. The summed E-state index contributed by atoms with van der Waals surface area (Å²) < 4.78 is 27.5. The Morgan fingerprint density at radius 2 is 1.93 bits per heavy atom. The van der Waals surface area contributed by atoms with Gasteiger partial charge in [-0.1, -0.05) is 18.2 Å². The molecule has 0 aliphatic carbocycles. The van der Waals surface area contributed by atoms with E-state index in [4.69, 9.17) is 4.98 Å². The number of benzene rings is 1. The van der Waals surface area contributed by atoms with Gasteiger partial charge in [0, 0.05) is 58.1 Å². The van der Waals surface area contributed by atoms with E-state index in [0.717, 1.165) is 30.0 Å². The molecule has 1 unspecified atom stereocenters. The first-order chi connectivity index (χ1) is 13.9. The lowest BCUT2D eigenvalue weighted by Crippen LogP contribution is -2.37. The first-order valence-corrected chi connectivity index (χ1v) is 11.2. The Labute approximate surface area is 171 Å². The summed E-state index contributed by atoms with van der Waals surface area (Å²) in [6, 6.07) is 8.49. The third-order valence-corrected chi connectivity index (χ3v) is 7.52. The van der Waals surface area contributed by atoms with Crippen LogP contribution in [0.4, 0.5) is 5.82 Å². The van der Waals surface area contributed by atoms with E-state index >= 15 is 0 Å². The maximum atomic E-state index is 13.0. The normalized spacial score (nSPS) is 19.8. The molecule has 0 saturated carbocycles. The summed E-state index contributed by atoms with van der Waals surface area (Å²) in [5.74, 6) is 1.58. The first-order valence-electron chi connectivity index (χ1n) is 9.78. The minimum absolute atomic E-state index is 0.0704. The molecule has 2 aromatic rings. The lowest BCUT2D eigenvalue weighted by molar-refractivity contribution is -0.127. The highest BCUT2D eigenvalue weighted by atomic mass is 32.2. The molecular weight excluding hydrogens is 390 g/mol. The van der Waals surface area contributed by atoms with Gasteiger partial charge in [-0.05, 0) is 18.6 Å². The predicted octanol–water partition coefficient (Wildman–Crippen LogP) is 1.60. The molecule has 1 amide bonds. The van der Waals surface area contributed by atoms with Crippen LogP contribution in [0.15, 0.2) is 35.2 Å². The fourth-order valence-electron chi connectivity index (χ4n) is 4.00. The van der Waals surface area contributed by atoms with Crippen molar-refractivity contribution in [2.24, 2.45) is 0 Å². The fourth-order valence-corrected chi connectivity index (χ4v) is 5.43. The van der Waals surface area contributed by atoms with Crippen molar-refractivity contribution in [3.05, 3.63) is 47.4 Å². The third kappa shape index (κ3) is 3.72. The zero-order valence-electron chi connectivity index (χ0n) is 16.6. The fraction of sp³-hybridized carbons (Fsp3) is 0.450. The van der Waals surface area contributed by atoms with E-state index in [1.165, 1.54) is 4.31 Å². The van der Waals surface area contributed by atoms with Gasteiger partial charge in [0.25, 0.3) is 0 Å². The second kappa shape index (κ2) is 7.72. The summed E-state index contributed by atoms with van der Waals surface area (Å²) in [6.45, 7) is 3.56. The van der Waals surface area contributed by atoms with Crippen molar-refractivity contribution in [1.82, 2.24) is 19.2 Å². The summed E-state index contributed by atoms with van der Waals surface area (Å²) in [4.78, 5) is 23.2. The number of rotatable bonds is 4. The molecule has 0 radical (unpaired) electrons. The summed E-state index contributed by atoms with van der Waals surface area (Å²) in [5.41, 5.74) is 1.71. The van der Waals surface area contributed by atoms with Gasteiger partial charge in [0.15, 0.2) is 0 Å². The average Bonchev–Trinajstić information content (AvgIpc) is 3.24. The topological polar surface area (TPSA) is 95.5 Å². The summed E-state index contributed by atoms with van der Waals surface area (Å²) >= 11 is 0. The van der Waals surface area contributed by atoms with Crippen LogP contribution in [0.5, 0.6) is 0 Å². The monoisotopic (exact) mass is 415 g/mol. The van der Waals surface area contributed by atoms with Gasteiger partial charge in [-0.2, -0.15) is 4.31 Å². The molecule has 0 bridgehead atoms. The van der Waals surface area contributed by atoms with Crippen LogP contribution in [0.1, 0.15) is 36.3 Å². The quantitative estimate of drug-likeness (QED) is 0.815. The lowest BCUT2D eigenvalue weighted by Gasteiger charge is -2.29. The highest BCUT2D eigenvalue weighted by Crippen LogP contribution is 2.31. The number of amides is 1. The molecular formula is C20H25N5O3S. The minimum atomic E-state index is -3.57. The first kappa shape index (κ1) is 19.8. The SMILES string of the molecule is CNc1nc(C2CCN(C(C)=O)C2)nc2c1CN(S(=O)(=O)c1ccccc1)CC2. The number of hydrogen-bond acceptors (Lipinski definition) is 6. The maximum Gasteiger partial charge on any atom is 0.243 e. The van der Waals surface area contributed by atoms with E-state index in [-0.39, 0.29) is 18.4 Å². The van der Waals surface area contributed by atoms with Crippen molar-refractivity contribution in [3.8, 4) is 0 Å². The molecule has 8 nitrogen and oxygen atoms in total. The summed E-state index contributed by atoms with van der Waals surface area (Å²) in [7, 11) is -1.78. The van der Waals surface area contributed by atoms with Crippen molar-refractivity contribution in [3.63, 3.8) is 0 Å². The minimum Gasteiger partial charge on any atom is -0.373 e. The highest BCUT2D eigenvalue weighted by Gasteiger charge is 2.33.